The molecule has 2 rings (SSSR count). The van der Waals surface area contributed by atoms with Crippen molar-refractivity contribution in [2.45, 2.75) is 32.2 Å². The molecule has 1 aromatic heterocycles. The summed E-state index contributed by atoms with van der Waals surface area (Å²) in [7, 11) is 1.85. The van der Waals surface area contributed by atoms with E-state index < -0.39 is 0 Å². The molecule has 0 unspecified atom stereocenters. The van der Waals surface area contributed by atoms with Gasteiger partial charge in [0.1, 0.15) is 0 Å². The van der Waals surface area contributed by atoms with Crippen LogP contribution in [0.3, 0.4) is 0 Å². The Bertz CT molecular complexity index is 409. The number of aryl methyl sites for hydroxylation is 1. The van der Waals surface area contributed by atoms with E-state index in [1.165, 1.54) is 6.42 Å². The summed E-state index contributed by atoms with van der Waals surface area (Å²) in [5.41, 5.74) is 7.21. The highest BCUT2D eigenvalue weighted by atomic mass is 16.2. The van der Waals surface area contributed by atoms with Crippen LogP contribution in [0.4, 0.5) is 0 Å². The fourth-order valence-electron chi connectivity index (χ4n) is 2.15. The second kappa shape index (κ2) is 4.87. The van der Waals surface area contributed by atoms with E-state index in [0.717, 1.165) is 18.5 Å². The molecule has 1 heterocycles. The number of nitrogens with zero attached hydrogens (tertiary/aromatic N) is 3. The molecule has 1 fully saturated rings. The molecule has 1 aliphatic carbocycles. The van der Waals surface area contributed by atoms with Gasteiger partial charge in [-0.05, 0) is 26.2 Å². The van der Waals surface area contributed by atoms with Gasteiger partial charge in [0.05, 0.1) is 11.8 Å². The molecule has 94 valence electrons. The number of hydrogen-bond donors (Lipinski definition) is 1. The number of hydrogen-bond acceptors (Lipinski definition) is 3. The molecular weight excluding hydrogens is 216 g/mol. The minimum Gasteiger partial charge on any atom is -0.334 e. The Morgan fingerprint density at radius 2 is 2.35 bits per heavy atom. The van der Waals surface area contributed by atoms with Crippen LogP contribution in [0.5, 0.6) is 0 Å². The smallest absolute Gasteiger partial charge is 0.257 e. The third-order valence-corrected chi connectivity index (χ3v) is 3.61. The molecule has 0 radical (unpaired) electrons. The van der Waals surface area contributed by atoms with Crippen LogP contribution in [0.15, 0.2) is 6.20 Å². The van der Waals surface area contributed by atoms with Gasteiger partial charge in [-0.25, -0.2) is 0 Å². The molecular formula is C12H20N4O. The van der Waals surface area contributed by atoms with E-state index in [-0.39, 0.29) is 5.91 Å². The standard InChI is InChI=1S/C12H20N4O/c1-9-11(8-14-15(9)2)12(17)16(7-6-13)10-4-3-5-10/h8,10H,3-7,13H2,1-2H3. The van der Waals surface area contributed by atoms with Gasteiger partial charge >= 0.3 is 0 Å². The first-order chi connectivity index (χ1) is 8.15. The molecule has 0 atom stereocenters. The molecule has 5 nitrogen and oxygen atoms in total. The Hall–Kier alpha value is -1.36. The van der Waals surface area contributed by atoms with E-state index in [9.17, 15) is 4.79 Å². The van der Waals surface area contributed by atoms with E-state index in [2.05, 4.69) is 5.10 Å². The lowest BCUT2D eigenvalue weighted by atomic mass is 9.91. The van der Waals surface area contributed by atoms with E-state index in [1.54, 1.807) is 10.9 Å². The quantitative estimate of drug-likeness (QED) is 0.836. The number of aromatic nitrogens is 2. The van der Waals surface area contributed by atoms with Crippen LogP contribution in [0.1, 0.15) is 35.3 Å². The molecule has 1 aliphatic rings. The van der Waals surface area contributed by atoms with Gasteiger partial charge in [0, 0.05) is 31.9 Å². The van der Waals surface area contributed by atoms with E-state index >= 15 is 0 Å². The summed E-state index contributed by atoms with van der Waals surface area (Å²) in [5, 5.41) is 4.12. The summed E-state index contributed by atoms with van der Waals surface area (Å²) in [4.78, 5) is 14.3. The molecule has 17 heavy (non-hydrogen) atoms. The van der Waals surface area contributed by atoms with Crippen molar-refractivity contribution < 1.29 is 4.79 Å². The van der Waals surface area contributed by atoms with Crippen molar-refractivity contribution in [2.24, 2.45) is 12.8 Å². The van der Waals surface area contributed by atoms with Gasteiger partial charge in [-0.1, -0.05) is 0 Å². The van der Waals surface area contributed by atoms with E-state index in [0.29, 0.717) is 24.7 Å². The lowest BCUT2D eigenvalue weighted by Crippen LogP contribution is -2.46. The second-order valence-corrected chi connectivity index (χ2v) is 4.64. The molecule has 5 heteroatoms. The van der Waals surface area contributed by atoms with Gasteiger partial charge in [0.15, 0.2) is 0 Å². The van der Waals surface area contributed by atoms with Crippen molar-refractivity contribution in [3.8, 4) is 0 Å². The number of nitrogens with two attached hydrogens (primary N) is 1. The van der Waals surface area contributed by atoms with Gasteiger partial charge in [0.2, 0.25) is 0 Å². The summed E-state index contributed by atoms with van der Waals surface area (Å²) in [6.07, 6.45) is 5.07. The summed E-state index contributed by atoms with van der Waals surface area (Å²) >= 11 is 0. The van der Waals surface area contributed by atoms with Crippen molar-refractivity contribution in [1.82, 2.24) is 14.7 Å². The first kappa shape index (κ1) is 12.1. The summed E-state index contributed by atoms with van der Waals surface area (Å²) in [6, 6.07) is 0.380. The zero-order valence-corrected chi connectivity index (χ0v) is 10.5. The molecule has 0 saturated heterocycles. The first-order valence-electron chi connectivity index (χ1n) is 6.14. The predicted molar refractivity (Wildman–Crippen MR) is 65.7 cm³/mol. The third-order valence-electron chi connectivity index (χ3n) is 3.61. The van der Waals surface area contributed by atoms with Crippen LogP contribution in [-0.4, -0.2) is 39.7 Å². The van der Waals surface area contributed by atoms with Crippen LogP contribution < -0.4 is 5.73 Å². The maximum atomic E-state index is 12.4. The van der Waals surface area contributed by atoms with Gasteiger partial charge in [-0.3, -0.25) is 9.48 Å². The van der Waals surface area contributed by atoms with Crippen LogP contribution in [0, 0.1) is 6.92 Å². The van der Waals surface area contributed by atoms with Gasteiger partial charge in [-0.15, -0.1) is 0 Å². The highest BCUT2D eigenvalue weighted by Crippen LogP contribution is 2.26. The zero-order chi connectivity index (χ0) is 12.4. The lowest BCUT2D eigenvalue weighted by Gasteiger charge is -2.37. The number of amides is 1. The van der Waals surface area contributed by atoms with Gasteiger partial charge < -0.3 is 10.6 Å². The minimum absolute atomic E-state index is 0.0748. The van der Waals surface area contributed by atoms with Crippen LogP contribution in [0.2, 0.25) is 0 Å². The molecule has 0 bridgehead atoms. The molecule has 0 spiro atoms. The van der Waals surface area contributed by atoms with Gasteiger partial charge in [0.25, 0.3) is 5.91 Å². The topological polar surface area (TPSA) is 64.2 Å². The maximum absolute atomic E-state index is 12.4. The molecule has 1 aromatic rings. The summed E-state index contributed by atoms with van der Waals surface area (Å²) in [6.45, 7) is 3.07. The largest absolute Gasteiger partial charge is 0.334 e. The van der Waals surface area contributed by atoms with Crippen molar-refractivity contribution in [3.63, 3.8) is 0 Å². The van der Waals surface area contributed by atoms with Crippen molar-refractivity contribution in [1.29, 1.82) is 0 Å². The molecule has 0 aromatic carbocycles. The Balaban J connectivity index is 2.18. The molecule has 1 amide bonds. The fraction of sp³-hybridized carbons (Fsp3) is 0.667. The fourth-order valence-corrected chi connectivity index (χ4v) is 2.15. The van der Waals surface area contributed by atoms with Gasteiger partial charge in [-0.2, -0.15) is 5.10 Å². The van der Waals surface area contributed by atoms with Crippen molar-refractivity contribution in [3.05, 3.63) is 17.5 Å². The Morgan fingerprint density at radius 1 is 1.65 bits per heavy atom. The molecule has 1 saturated carbocycles. The number of rotatable bonds is 4. The summed E-state index contributed by atoms with van der Waals surface area (Å²) in [5.74, 6) is 0.0748. The minimum atomic E-state index is 0.0748. The van der Waals surface area contributed by atoms with Crippen LogP contribution in [0.25, 0.3) is 0 Å². The SMILES string of the molecule is Cc1c(C(=O)N(CCN)C2CCC2)cnn1C. The van der Waals surface area contributed by atoms with Crippen LogP contribution >= 0.6 is 0 Å². The zero-order valence-electron chi connectivity index (χ0n) is 10.5. The maximum Gasteiger partial charge on any atom is 0.257 e. The van der Waals surface area contributed by atoms with Crippen molar-refractivity contribution >= 4 is 5.91 Å². The molecule has 2 N–H and O–H groups in total. The summed E-state index contributed by atoms with van der Waals surface area (Å²) < 4.78 is 1.73. The third kappa shape index (κ3) is 2.20. The number of carbonyl (C=O) groups excluding carboxylic acids is 1. The molecule has 0 aliphatic heterocycles. The lowest BCUT2D eigenvalue weighted by molar-refractivity contribution is 0.0588. The Kier molecular flexibility index (Phi) is 3.47. The van der Waals surface area contributed by atoms with E-state index in [1.807, 2.05) is 18.9 Å². The average molecular weight is 236 g/mol. The average Bonchev–Trinajstić information content (AvgIpc) is 2.56. The highest BCUT2D eigenvalue weighted by Gasteiger charge is 2.30. The van der Waals surface area contributed by atoms with E-state index in [4.69, 9.17) is 5.73 Å². The Morgan fingerprint density at radius 3 is 2.76 bits per heavy atom. The van der Waals surface area contributed by atoms with Crippen molar-refractivity contribution in [2.75, 3.05) is 13.1 Å². The van der Waals surface area contributed by atoms with Crippen LogP contribution in [-0.2, 0) is 7.05 Å². The highest BCUT2D eigenvalue weighted by molar-refractivity contribution is 5.95. The monoisotopic (exact) mass is 236 g/mol. The predicted octanol–water partition coefficient (Wildman–Crippen LogP) is 0.682. The first-order valence-corrected chi connectivity index (χ1v) is 6.14. The Labute approximate surface area is 102 Å². The second-order valence-electron chi connectivity index (χ2n) is 4.64. The normalized spacial score (nSPS) is 15.7. The number of carbonyl (C=O) groups is 1.